The van der Waals surface area contributed by atoms with Crippen molar-refractivity contribution in [2.75, 3.05) is 19.6 Å². The molecule has 1 aromatic rings. The number of rotatable bonds is 5. The minimum absolute atomic E-state index is 0.645. The van der Waals surface area contributed by atoms with Crippen LogP contribution in [0.2, 0.25) is 0 Å². The molecular formula is C14H25N3O. The molecule has 4 heteroatoms. The molecule has 0 amide bonds. The van der Waals surface area contributed by atoms with E-state index in [4.69, 9.17) is 4.52 Å². The summed E-state index contributed by atoms with van der Waals surface area (Å²) in [6.07, 6.45) is 3.77. The summed E-state index contributed by atoms with van der Waals surface area (Å²) in [6, 6.07) is 0.645. The summed E-state index contributed by atoms with van der Waals surface area (Å²) in [4.78, 5) is 2.56. The highest BCUT2D eigenvalue weighted by Crippen LogP contribution is 2.15. The van der Waals surface area contributed by atoms with Crippen molar-refractivity contribution < 1.29 is 4.52 Å². The second kappa shape index (κ2) is 6.34. The predicted octanol–water partition coefficient (Wildman–Crippen LogP) is 2.26. The molecule has 1 aliphatic rings. The van der Waals surface area contributed by atoms with Gasteiger partial charge in [-0.25, -0.2) is 0 Å². The van der Waals surface area contributed by atoms with Gasteiger partial charge in [0.15, 0.2) is 0 Å². The number of hydrogen-bond acceptors (Lipinski definition) is 4. The van der Waals surface area contributed by atoms with Crippen molar-refractivity contribution in [2.24, 2.45) is 0 Å². The van der Waals surface area contributed by atoms with E-state index in [9.17, 15) is 0 Å². The summed E-state index contributed by atoms with van der Waals surface area (Å²) in [7, 11) is 0. The van der Waals surface area contributed by atoms with Crippen LogP contribution in [0.1, 0.15) is 43.2 Å². The summed E-state index contributed by atoms with van der Waals surface area (Å²) < 4.78 is 5.19. The topological polar surface area (TPSA) is 41.3 Å². The zero-order chi connectivity index (χ0) is 13.0. The zero-order valence-electron chi connectivity index (χ0n) is 11.8. The first-order valence-corrected chi connectivity index (χ1v) is 7.08. The second-order valence-corrected chi connectivity index (χ2v) is 5.30. The number of aryl methyl sites for hydroxylation is 2. The molecule has 1 aliphatic heterocycles. The Morgan fingerprint density at radius 2 is 2.06 bits per heavy atom. The van der Waals surface area contributed by atoms with Gasteiger partial charge in [-0.15, -0.1) is 0 Å². The molecule has 0 radical (unpaired) electrons. The molecule has 0 aliphatic carbocycles. The van der Waals surface area contributed by atoms with Crippen LogP contribution in [0.15, 0.2) is 4.52 Å². The molecule has 0 bridgehead atoms. The lowest BCUT2D eigenvalue weighted by Crippen LogP contribution is -2.42. The predicted molar refractivity (Wildman–Crippen MR) is 72.6 cm³/mol. The van der Waals surface area contributed by atoms with Crippen molar-refractivity contribution in [3.8, 4) is 0 Å². The summed E-state index contributed by atoms with van der Waals surface area (Å²) in [6.45, 7) is 10.8. The summed E-state index contributed by atoms with van der Waals surface area (Å²) in [5.74, 6) is 0.948. The molecule has 0 saturated carbocycles. The summed E-state index contributed by atoms with van der Waals surface area (Å²) in [5.41, 5.74) is 2.24. The first kappa shape index (κ1) is 13.6. The van der Waals surface area contributed by atoms with Gasteiger partial charge in [0.1, 0.15) is 5.76 Å². The average Bonchev–Trinajstić information content (AvgIpc) is 2.69. The molecule has 1 saturated heterocycles. The van der Waals surface area contributed by atoms with E-state index in [2.05, 4.69) is 22.3 Å². The number of nitrogens with one attached hydrogen (secondary N) is 1. The van der Waals surface area contributed by atoms with E-state index in [0.29, 0.717) is 6.04 Å². The van der Waals surface area contributed by atoms with Gasteiger partial charge in [-0.3, -0.25) is 0 Å². The maximum atomic E-state index is 5.19. The number of nitrogens with zero attached hydrogens (tertiary/aromatic N) is 2. The van der Waals surface area contributed by atoms with Crippen LogP contribution in [-0.2, 0) is 6.54 Å². The maximum Gasteiger partial charge on any atom is 0.138 e. The highest BCUT2D eigenvalue weighted by atomic mass is 16.5. The highest BCUT2D eigenvalue weighted by molar-refractivity contribution is 5.20. The van der Waals surface area contributed by atoms with E-state index in [1.807, 2.05) is 13.8 Å². The largest absolute Gasteiger partial charge is 0.361 e. The second-order valence-electron chi connectivity index (χ2n) is 5.30. The smallest absolute Gasteiger partial charge is 0.138 e. The van der Waals surface area contributed by atoms with Crippen LogP contribution in [0.25, 0.3) is 0 Å². The monoisotopic (exact) mass is 251 g/mol. The van der Waals surface area contributed by atoms with E-state index in [-0.39, 0.29) is 0 Å². The lowest BCUT2D eigenvalue weighted by atomic mass is 10.0. The molecule has 1 fully saturated rings. The Balaban J connectivity index is 1.76. The SMILES string of the molecule is CCCN1CCC(NCc2c(C)noc2C)CC1. The number of likely N-dealkylation sites (tertiary alicyclic amines) is 1. The first-order chi connectivity index (χ1) is 8.70. The molecule has 0 spiro atoms. The Morgan fingerprint density at radius 3 is 2.61 bits per heavy atom. The Labute approximate surface area is 110 Å². The van der Waals surface area contributed by atoms with Crippen LogP contribution in [0.5, 0.6) is 0 Å². The van der Waals surface area contributed by atoms with Crippen molar-refractivity contribution >= 4 is 0 Å². The molecule has 2 heterocycles. The van der Waals surface area contributed by atoms with Gasteiger partial charge in [-0.2, -0.15) is 0 Å². The van der Waals surface area contributed by atoms with Crippen LogP contribution >= 0.6 is 0 Å². The maximum absolute atomic E-state index is 5.19. The Kier molecular flexibility index (Phi) is 4.78. The molecule has 2 rings (SSSR count). The lowest BCUT2D eigenvalue weighted by Gasteiger charge is -2.32. The number of piperidine rings is 1. The third-order valence-electron chi connectivity index (χ3n) is 3.88. The molecule has 18 heavy (non-hydrogen) atoms. The number of hydrogen-bond donors (Lipinski definition) is 1. The third-order valence-corrected chi connectivity index (χ3v) is 3.88. The summed E-state index contributed by atoms with van der Waals surface area (Å²) in [5, 5.41) is 7.63. The fourth-order valence-corrected chi connectivity index (χ4v) is 2.68. The van der Waals surface area contributed by atoms with Gasteiger partial charge in [-0.1, -0.05) is 12.1 Å². The van der Waals surface area contributed by atoms with Gasteiger partial charge in [0.05, 0.1) is 5.69 Å². The standard InChI is InChI=1S/C14H25N3O/c1-4-7-17-8-5-13(6-9-17)15-10-14-11(2)16-18-12(14)3/h13,15H,4-10H2,1-3H3. The minimum atomic E-state index is 0.645. The Hall–Kier alpha value is -0.870. The van der Waals surface area contributed by atoms with E-state index >= 15 is 0 Å². The van der Waals surface area contributed by atoms with Crippen LogP contribution < -0.4 is 5.32 Å². The van der Waals surface area contributed by atoms with Gasteiger partial charge >= 0.3 is 0 Å². The fraction of sp³-hybridized carbons (Fsp3) is 0.786. The van der Waals surface area contributed by atoms with Crippen molar-refractivity contribution in [2.45, 2.75) is 52.6 Å². The van der Waals surface area contributed by atoms with Crippen LogP contribution in [-0.4, -0.2) is 35.7 Å². The van der Waals surface area contributed by atoms with E-state index in [0.717, 1.165) is 18.0 Å². The first-order valence-electron chi connectivity index (χ1n) is 7.08. The van der Waals surface area contributed by atoms with Crippen LogP contribution in [0.4, 0.5) is 0 Å². The van der Waals surface area contributed by atoms with Crippen molar-refractivity contribution in [3.05, 3.63) is 17.0 Å². The quantitative estimate of drug-likeness (QED) is 0.871. The molecule has 0 atom stereocenters. The van der Waals surface area contributed by atoms with Gasteiger partial charge in [0.25, 0.3) is 0 Å². The van der Waals surface area contributed by atoms with Crippen molar-refractivity contribution in [1.29, 1.82) is 0 Å². The molecule has 4 nitrogen and oxygen atoms in total. The number of aromatic nitrogens is 1. The van der Waals surface area contributed by atoms with Crippen LogP contribution in [0.3, 0.4) is 0 Å². The molecule has 1 N–H and O–H groups in total. The van der Waals surface area contributed by atoms with Crippen molar-refractivity contribution in [3.63, 3.8) is 0 Å². The molecule has 1 aromatic heterocycles. The highest BCUT2D eigenvalue weighted by Gasteiger charge is 2.19. The van der Waals surface area contributed by atoms with Gasteiger partial charge in [0.2, 0.25) is 0 Å². The Bertz CT molecular complexity index is 348. The minimum Gasteiger partial charge on any atom is -0.361 e. The average molecular weight is 251 g/mol. The lowest BCUT2D eigenvalue weighted by molar-refractivity contribution is 0.197. The normalized spacial score (nSPS) is 18.4. The Morgan fingerprint density at radius 1 is 1.33 bits per heavy atom. The molecule has 0 aromatic carbocycles. The van der Waals surface area contributed by atoms with E-state index < -0.39 is 0 Å². The van der Waals surface area contributed by atoms with Gasteiger partial charge in [-0.05, 0) is 52.7 Å². The zero-order valence-corrected chi connectivity index (χ0v) is 11.8. The molecule has 102 valence electrons. The summed E-state index contributed by atoms with van der Waals surface area (Å²) >= 11 is 0. The molecule has 0 unspecified atom stereocenters. The van der Waals surface area contributed by atoms with Gasteiger partial charge < -0.3 is 14.7 Å². The van der Waals surface area contributed by atoms with Crippen LogP contribution in [0, 0.1) is 13.8 Å². The molecular weight excluding hydrogens is 226 g/mol. The van der Waals surface area contributed by atoms with Gasteiger partial charge in [0, 0.05) is 18.2 Å². The fourth-order valence-electron chi connectivity index (χ4n) is 2.68. The van der Waals surface area contributed by atoms with E-state index in [1.165, 1.54) is 44.5 Å². The third kappa shape index (κ3) is 3.33. The van der Waals surface area contributed by atoms with Crippen molar-refractivity contribution in [1.82, 2.24) is 15.4 Å². The van der Waals surface area contributed by atoms with E-state index in [1.54, 1.807) is 0 Å².